The second-order valence-electron chi connectivity index (χ2n) is 7.51. The van der Waals surface area contributed by atoms with Crippen molar-refractivity contribution in [3.8, 4) is 0 Å². The van der Waals surface area contributed by atoms with Gasteiger partial charge in [-0.2, -0.15) is 13.5 Å². The number of nitrogens with one attached hydrogen (secondary N) is 1. The van der Waals surface area contributed by atoms with Crippen molar-refractivity contribution in [1.29, 1.82) is 0 Å². The molecule has 1 unspecified atom stereocenters. The minimum Gasteiger partial charge on any atom is -0.845 e. The molecule has 2 heterocycles. The van der Waals surface area contributed by atoms with E-state index in [0.717, 1.165) is 17.3 Å². The maximum Gasteiger partial charge on any atom is 0.345 e. The smallest absolute Gasteiger partial charge is 0.345 e. The summed E-state index contributed by atoms with van der Waals surface area (Å²) in [4.78, 5) is 2.03. The molecule has 0 radical (unpaired) electrons. The van der Waals surface area contributed by atoms with Gasteiger partial charge >= 0.3 is 10.2 Å². The Bertz CT molecular complexity index is 1070. The van der Waals surface area contributed by atoms with E-state index in [1.54, 1.807) is 20.2 Å². The van der Waals surface area contributed by atoms with Crippen LogP contribution in [-0.2, 0) is 23.7 Å². The SMILES string of the molecule is CCc1cc(N/C([O-])=N/S(=O)(=O)N(c2cnn(C)c2)C2CCCN(C)C2)cc(Cl)c1F. The number of nitrogens with zero attached hydrogens (tertiary/aromatic N) is 5. The number of aryl methyl sites for hydroxylation is 2. The molecule has 1 aliphatic rings. The van der Waals surface area contributed by atoms with Gasteiger partial charge in [-0.3, -0.25) is 4.68 Å². The summed E-state index contributed by atoms with van der Waals surface area (Å²) in [6.07, 6.45) is 4.78. The van der Waals surface area contributed by atoms with Crippen molar-refractivity contribution in [3.63, 3.8) is 0 Å². The van der Waals surface area contributed by atoms with Crippen molar-refractivity contribution >= 4 is 39.2 Å². The fraction of sp³-hybridized carbons (Fsp3) is 0.474. The normalized spacial score (nSPS) is 18.2. The molecule has 170 valence electrons. The van der Waals surface area contributed by atoms with Crippen molar-refractivity contribution in [3.05, 3.63) is 40.9 Å². The van der Waals surface area contributed by atoms with Crippen LogP contribution in [0.5, 0.6) is 0 Å². The first-order valence-electron chi connectivity index (χ1n) is 9.84. The molecular weight excluding hydrogens is 447 g/mol. The molecule has 9 nitrogen and oxygen atoms in total. The van der Waals surface area contributed by atoms with Crippen LogP contribution < -0.4 is 14.7 Å². The van der Waals surface area contributed by atoms with Crippen LogP contribution in [0.15, 0.2) is 28.9 Å². The summed E-state index contributed by atoms with van der Waals surface area (Å²) in [5, 5.41) is 18.7. The summed E-state index contributed by atoms with van der Waals surface area (Å²) < 4.78 is 46.3. The van der Waals surface area contributed by atoms with Gasteiger partial charge in [-0.1, -0.05) is 18.5 Å². The third kappa shape index (κ3) is 5.46. The number of hydrogen-bond donors (Lipinski definition) is 1. The summed E-state index contributed by atoms with van der Waals surface area (Å²) in [6.45, 7) is 3.10. The number of benzene rings is 1. The number of anilines is 2. The molecular formula is C19H25ClFN6O3S-. The number of halogens is 2. The lowest BCUT2D eigenvalue weighted by atomic mass is 10.1. The molecule has 0 spiro atoms. The van der Waals surface area contributed by atoms with E-state index in [4.69, 9.17) is 11.6 Å². The van der Waals surface area contributed by atoms with Crippen LogP contribution in [-0.4, -0.2) is 55.3 Å². The van der Waals surface area contributed by atoms with Gasteiger partial charge in [0, 0.05) is 25.5 Å². The summed E-state index contributed by atoms with van der Waals surface area (Å²) in [5.41, 5.74) is 0.794. The van der Waals surface area contributed by atoms with Crippen molar-refractivity contribution < 1.29 is 17.9 Å². The summed E-state index contributed by atoms with van der Waals surface area (Å²) in [5.74, 6) is -0.573. The topological polar surface area (TPSA) is 106 Å². The van der Waals surface area contributed by atoms with E-state index >= 15 is 0 Å². The molecule has 0 aliphatic carbocycles. The minimum absolute atomic E-state index is 0.164. The molecule has 2 aromatic rings. The highest BCUT2D eigenvalue weighted by Crippen LogP contribution is 2.27. The lowest BCUT2D eigenvalue weighted by molar-refractivity contribution is -0.213. The molecule has 1 N–H and O–H groups in total. The van der Waals surface area contributed by atoms with Gasteiger partial charge in [-0.05, 0) is 50.6 Å². The number of hydrogen-bond acceptors (Lipinski definition) is 5. The number of likely N-dealkylation sites (tertiary alicyclic amines) is 1. The van der Waals surface area contributed by atoms with Crippen LogP contribution in [0.3, 0.4) is 0 Å². The lowest BCUT2D eigenvalue weighted by Gasteiger charge is -2.36. The van der Waals surface area contributed by atoms with Crippen molar-refractivity contribution in [2.75, 3.05) is 29.8 Å². The maximum absolute atomic E-state index is 13.9. The Morgan fingerprint density at radius 3 is 2.81 bits per heavy atom. The van der Waals surface area contributed by atoms with Gasteiger partial charge in [-0.15, -0.1) is 4.40 Å². The summed E-state index contributed by atoms with van der Waals surface area (Å²) in [7, 11) is -0.794. The van der Waals surface area contributed by atoms with E-state index in [-0.39, 0.29) is 10.7 Å². The Balaban J connectivity index is 1.92. The number of likely N-dealkylation sites (N-methyl/N-ethyl adjacent to an activating group) is 1. The quantitative estimate of drug-likeness (QED) is 0.508. The van der Waals surface area contributed by atoms with E-state index in [0.29, 0.717) is 30.6 Å². The molecule has 1 fully saturated rings. The van der Waals surface area contributed by atoms with Crippen LogP contribution in [0.1, 0.15) is 25.3 Å². The molecule has 0 amide bonds. The van der Waals surface area contributed by atoms with Gasteiger partial charge in [0.15, 0.2) is 0 Å². The zero-order valence-electron chi connectivity index (χ0n) is 17.5. The molecule has 1 aliphatic heterocycles. The molecule has 1 aromatic heterocycles. The summed E-state index contributed by atoms with van der Waals surface area (Å²) in [6, 6.07) is 1.13. The first-order valence-corrected chi connectivity index (χ1v) is 11.6. The molecule has 1 atom stereocenters. The van der Waals surface area contributed by atoms with Crippen molar-refractivity contribution in [1.82, 2.24) is 14.7 Å². The van der Waals surface area contributed by atoms with E-state index in [1.807, 2.05) is 11.9 Å². The maximum atomic E-state index is 13.9. The van der Waals surface area contributed by atoms with Crippen molar-refractivity contribution in [2.45, 2.75) is 32.2 Å². The molecule has 1 aromatic carbocycles. The van der Waals surface area contributed by atoms with Crippen molar-refractivity contribution in [2.24, 2.45) is 11.4 Å². The first-order chi connectivity index (χ1) is 14.6. The van der Waals surface area contributed by atoms with Gasteiger partial charge < -0.3 is 15.3 Å². The summed E-state index contributed by atoms with van der Waals surface area (Å²) >= 11 is 5.87. The predicted molar refractivity (Wildman–Crippen MR) is 117 cm³/mol. The van der Waals surface area contributed by atoms with E-state index in [2.05, 4.69) is 14.8 Å². The van der Waals surface area contributed by atoms with Gasteiger partial charge in [0.1, 0.15) is 5.82 Å². The van der Waals surface area contributed by atoms with Crippen LogP contribution in [0.4, 0.5) is 15.8 Å². The number of amidine groups is 1. The Labute approximate surface area is 186 Å². The third-order valence-electron chi connectivity index (χ3n) is 5.06. The van der Waals surface area contributed by atoms with Crippen LogP contribution in [0.2, 0.25) is 5.02 Å². The largest absolute Gasteiger partial charge is 0.845 e. The molecule has 1 saturated heterocycles. The molecule has 3 rings (SSSR count). The zero-order valence-corrected chi connectivity index (χ0v) is 19.1. The standard InChI is InChI=1S/C19H26ClFN6O3S/c1-4-13-8-14(9-17(20)18(13)21)23-19(28)24-31(29,30)27(16-10-22-26(3)12-16)15-6-5-7-25(2)11-15/h8-10,12,15H,4-7,11H2,1-3H3,(H2,23,24,28)/p-1. The highest BCUT2D eigenvalue weighted by molar-refractivity contribution is 7.91. The fourth-order valence-corrected chi connectivity index (χ4v) is 5.15. The number of piperidine rings is 1. The molecule has 31 heavy (non-hydrogen) atoms. The predicted octanol–water partition coefficient (Wildman–Crippen LogP) is 1.75. The first kappa shape index (κ1) is 23.3. The average Bonchev–Trinajstić information content (AvgIpc) is 3.09. The Morgan fingerprint density at radius 1 is 1.45 bits per heavy atom. The molecule has 0 bridgehead atoms. The Kier molecular flexibility index (Phi) is 7.07. The number of aromatic nitrogens is 2. The van der Waals surface area contributed by atoms with Crippen LogP contribution in [0.25, 0.3) is 0 Å². The van der Waals surface area contributed by atoms with E-state index in [1.165, 1.54) is 23.0 Å². The Hall–Kier alpha value is -2.37. The third-order valence-corrected chi connectivity index (χ3v) is 6.74. The number of rotatable bonds is 6. The Morgan fingerprint density at radius 2 is 2.19 bits per heavy atom. The van der Waals surface area contributed by atoms with Gasteiger partial charge in [0.2, 0.25) is 0 Å². The zero-order chi connectivity index (χ0) is 22.8. The monoisotopic (exact) mass is 471 g/mol. The van der Waals surface area contributed by atoms with E-state index in [9.17, 15) is 17.9 Å². The minimum atomic E-state index is -4.38. The molecule has 0 saturated carbocycles. The van der Waals surface area contributed by atoms with Gasteiger partial charge in [0.25, 0.3) is 0 Å². The second kappa shape index (κ2) is 9.41. The van der Waals surface area contributed by atoms with Gasteiger partial charge in [0.05, 0.1) is 29.0 Å². The highest BCUT2D eigenvalue weighted by Gasteiger charge is 2.33. The molecule has 12 heteroatoms. The van der Waals surface area contributed by atoms with Gasteiger partial charge in [-0.25, -0.2) is 8.70 Å². The van der Waals surface area contributed by atoms with E-state index < -0.39 is 28.1 Å². The van der Waals surface area contributed by atoms with Crippen LogP contribution in [0, 0.1) is 5.82 Å². The second-order valence-corrected chi connectivity index (χ2v) is 9.39. The van der Waals surface area contributed by atoms with Crippen LogP contribution >= 0.6 is 11.6 Å². The fourth-order valence-electron chi connectivity index (χ4n) is 3.66. The lowest BCUT2D eigenvalue weighted by Crippen LogP contribution is -2.49. The highest BCUT2D eigenvalue weighted by atomic mass is 35.5. The average molecular weight is 472 g/mol.